The number of imide groups is 1. The van der Waals surface area contributed by atoms with Gasteiger partial charge in [0.1, 0.15) is 5.54 Å². The predicted octanol–water partition coefficient (Wildman–Crippen LogP) is 1.10. The van der Waals surface area contributed by atoms with Crippen LogP contribution in [0, 0.1) is 5.92 Å². The molecule has 0 aromatic carbocycles. The summed E-state index contributed by atoms with van der Waals surface area (Å²) in [6.07, 6.45) is 4.21. The van der Waals surface area contributed by atoms with E-state index >= 15 is 0 Å². The van der Waals surface area contributed by atoms with Crippen LogP contribution in [0.3, 0.4) is 0 Å². The lowest BCUT2D eigenvalue weighted by atomic mass is 9.80. The fraction of sp³-hybridized carbons (Fsp3) is 0.750. The number of carbonyl (C=O) groups is 2. The minimum absolute atomic E-state index is 0.0819. The van der Waals surface area contributed by atoms with Crippen molar-refractivity contribution in [2.45, 2.75) is 50.6 Å². The Morgan fingerprint density at radius 1 is 1.33 bits per heavy atom. The lowest BCUT2D eigenvalue weighted by Crippen LogP contribution is -2.55. The van der Waals surface area contributed by atoms with Crippen molar-refractivity contribution in [3.05, 3.63) is 11.7 Å². The summed E-state index contributed by atoms with van der Waals surface area (Å²) in [7, 11) is 1.53. The maximum Gasteiger partial charge on any atom is 0.324 e. The molecule has 2 aliphatic heterocycles. The Morgan fingerprint density at radius 2 is 2.12 bits per heavy atom. The van der Waals surface area contributed by atoms with Crippen LogP contribution < -0.4 is 5.32 Å². The average Bonchev–Trinajstić information content (AvgIpc) is 3.29. The van der Waals surface area contributed by atoms with E-state index in [-0.39, 0.29) is 17.9 Å². The molecule has 2 saturated heterocycles. The first-order valence-corrected chi connectivity index (χ1v) is 8.62. The van der Waals surface area contributed by atoms with Gasteiger partial charge in [-0.3, -0.25) is 14.6 Å². The normalized spacial score (nSPS) is 31.6. The van der Waals surface area contributed by atoms with Crippen molar-refractivity contribution in [2.24, 2.45) is 5.92 Å². The maximum atomic E-state index is 12.5. The Hall–Kier alpha value is -1.96. The molecule has 3 aliphatic rings. The predicted molar refractivity (Wildman–Crippen MR) is 84.0 cm³/mol. The second kappa shape index (κ2) is 5.54. The molecule has 0 radical (unpaired) electrons. The number of piperidine rings is 1. The van der Waals surface area contributed by atoms with Gasteiger partial charge >= 0.3 is 6.03 Å². The molecule has 0 unspecified atom stereocenters. The number of rotatable bonds is 4. The number of aromatic nitrogens is 2. The van der Waals surface area contributed by atoms with E-state index in [1.807, 2.05) is 6.92 Å². The molecule has 1 aromatic rings. The summed E-state index contributed by atoms with van der Waals surface area (Å²) in [4.78, 5) is 32.2. The summed E-state index contributed by atoms with van der Waals surface area (Å²) in [5.74, 6) is 1.89. The summed E-state index contributed by atoms with van der Waals surface area (Å²) in [5, 5.41) is 6.93. The molecule has 1 aliphatic carbocycles. The van der Waals surface area contributed by atoms with E-state index < -0.39 is 5.54 Å². The van der Waals surface area contributed by atoms with Crippen LogP contribution in [-0.4, -0.2) is 57.6 Å². The second-order valence-electron chi connectivity index (χ2n) is 7.39. The highest BCUT2D eigenvalue weighted by Crippen LogP contribution is 2.38. The molecule has 3 heterocycles. The molecule has 8 heteroatoms. The highest BCUT2D eigenvalue weighted by Gasteiger charge is 2.51. The Bertz CT molecular complexity index is 670. The number of amides is 3. The lowest BCUT2D eigenvalue weighted by Gasteiger charge is -2.39. The summed E-state index contributed by atoms with van der Waals surface area (Å²) in [6, 6.07) is -0.314. The molecule has 3 amide bonds. The first kappa shape index (κ1) is 15.6. The van der Waals surface area contributed by atoms with Gasteiger partial charge in [0.25, 0.3) is 5.91 Å². The Balaban J connectivity index is 1.43. The largest absolute Gasteiger partial charge is 0.338 e. The molecule has 4 rings (SSSR count). The van der Waals surface area contributed by atoms with Crippen LogP contribution in [0.4, 0.5) is 4.79 Å². The van der Waals surface area contributed by atoms with Gasteiger partial charge in [0.15, 0.2) is 5.82 Å². The molecule has 3 fully saturated rings. The van der Waals surface area contributed by atoms with Crippen molar-refractivity contribution in [1.29, 1.82) is 0 Å². The molecule has 0 spiro atoms. The molecular formula is C16H23N5O3. The van der Waals surface area contributed by atoms with Gasteiger partial charge in [-0.15, -0.1) is 0 Å². The fourth-order valence-electron chi connectivity index (χ4n) is 3.78. The number of nitrogens with zero attached hydrogens (tertiary/aromatic N) is 4. The van der Waals surface area contributed by atoms with Crippen molar-refractivity contribution in [3.63, 3.8) is 0 Å². The van der Waals surface area contributed by atoms with Crippen LogP contribution in [0.15, 0.2) is 4.52 Å². The number of likely N-dealkylation sites (N-methyl/N-ethyl adjacent to an activating group) is 1. The minimum Gasteiger partial charge on any atom is -0.338 e. The monoisotopic (exact) mass is 333 g/mol. The number of nitrogens with one attached hydrogen (secondary N) is 1. The number of likely N-dealkylation sites (tertiary alicyclic amines) is 1. The zero-order valence-electron chi connectivity index (χ0n) is 14.1. The van der Waals surface area contributed by atoms with Crippen molar-refractivity contribution < 1.29 is 14.1 Å². The van der Waals surface area contributed by atoms with Crippen LogP contribution in [0.1, 0.15) is 50.2 Å². The van der Waals surface area contributed by atoms with Gasteiger partial charge < -0.3 is 9.84 Å². The van der Waals surface area contributed by atoms with Gasteiger partial charge in [0.05, 0.1) is 6.54 Å². The first-order valence-electron chi connectivity index (χ1n) is 8.62. The quantitative estimate of drug-likeness (QED) is 0.830. The minimum atomic E-state index is -0.821. The molecule has 2 atom stereocenters. The van der Waals surface area contributed by atoms with Crippen molar-refractivity contribution in [3.8, 4) is 0 Å². The average molecular weight is 333 g/mol. The second-order valence-corrected chi connectivity index (χ2v) is 7.39. The van der Waals surface area contributed by atoms with Gasteiger partial charge in [-0.25, -0.2) is 4.79 Å². The molecule has 24 heavy (non-hydrogen) atoms. The van der Waals surface area contributed by atoms with Crippen LogP contribution in [-0.2, 0) is 11.3 Å². The van der Waals surface area contributed by atoms with Crippen LogP contribution >= 0.6 is 0 Å². The zero-order chi connectivity index (χ0) is 16.9. The number of urea groups is 1. The molecule has 1 saturated carbocycles. The molecule has 0 bridgehead atoms. The smallest absolute Gasteiger partial charge is 0.324 e. The maximum absolute atomic E-state index is 12.5. The third-order valence-electron chi connectivity index (χ3n) is 5.53. The van der Waals surface area contributed by atoms with Crippen LogP contribution in [0.2, 0.25) is 0 Å². The van der Waals surface area contributed by atoms with E-state index in [2.05, 4.69) is 20.4 Å². The van der Waals surface area contributed by atoms with E-state index in [1.54, 1.807) is 0 Å². The standard InChI is InChI=1S/C16H23N5O3/c1-16(14(22)20(2)15(23)18-16)11-4-3-7-21(8-11)9-12-17-13(19-24-12)10-5-6-10/h10-11H,3-9H2,1-2H3,(H,18,23)/t11-,16-/m1/s1. The van der Waals surface area contributed by atoms with Crippen molar-refractivity contribution in [1.82, 2.24) is 25.3 Å². The van der Waals surface area contributed by atoms with Gasteiger partial charge in [0, 0.05) is 25.4 Å². The fourth-order valence-corrected chi connectivity index (χ4v) is 3.78. The molecular weight excluding hydrogens is 310 g/mol. The summed E-state index contributed by atoms with van der Waals surface area (Å²) in [6.45, 7) is 4.11. The van der Waals surface area contributed by atoms with Crippen molar-refractivity contribution in [2.75, 3.05) is 20.1 Å². The molecule has 1 N–H and O–H groups in total. The van der Waals surface area contributed by atoms with Crippen LogP contribution in [0.25, 0.3) is 0 Å². The Morgan fingerprint density at radius 3 is 2.79 bits per heavy atom. The summed E-state index contributed by atoms with van der Waals surface area (Å²) in [5.41, 5.74) is -0.821. The third-order valence-corrected chi connectivity index (χ3v) is 5.53. The number of hydrogen-bond acceptors (Lipinski definition) is 6. The highest BCUT2D eigenvalue weighted by atomic mass is 16.5. The number of carbonyl (C=O) groups excluding carboxylic acids is 2. The van der Waals surface area contributed by atoms with Gasteiger partial charge in [-0.05, 0) is 39.2 Å². The zero-order valence-corrected chi connectivity index (χ0v) is 14.1. The van der Waals surface area contributed by atoms with E-state index in [9.17, 15) is 9.59 Å². The van der Waals surface area contributed by atoms with Crippen molar-refractivity contribution >= 4 is 11.9 Å². The Kier molecular flexibility index (Phi) is 3.59. The van der Waals surface area contributed by atoms with Gasteiger partial charge in [0.2, 0.25) is 5.89 Å². The molecule has 130 valence electrons. The lowest BCUT2D eigenvalue weighted by molar-refractivity contribution is -0.132. The summed E-state index contributed by atoms with van der Waals surface area (Å²) >= 11 is 0. The third kappa shape index (κ3) is 2.58. The van der Waals surface area contributed by atoms with E-state index in [0.717, 1.165) is 44.6 Å². The van der Waals surface area contributed by atoms with Gasteiger partial charge in [-0.2, -0.15) is 4.98 Å². The van der Waals surface area contributed by atoms with E-state index in [0.29, 0.717) is 18.4 Å². The molecule has 8 nitrogen and oxygen atoms in total. The summed E-state index contributed by atoms with van der Waals surface area (Å²) < 4.78 is 5.36. The van der Waals surface area contributed by atoms with E-state index in [4.69, 9.17) is 4.52 Å². The molecule has 1 aromatic heterocycles. The topological polar surface area (TPSA) is 91.6 Å². The van der Waals surface area contributed by atoms with Gasteiger partial charge in [-0.1, -0.05) is 5.16 Å². The Labute approximate surface area is 140 Å². The number of hydrogen-bond donors (Lipinski definition) is 1. The highest BCUT2D eigenvalue weighted by molar-refractivity contribution is 6.06. The first-order chi connectivity index (χ1) is 11.5. The van der Waals surface area contributed by atoms with E-state index in [1.165, 1.54) is 11.9 Å². The SMILES string of the molecule is CN1C(=O)N[C@](C)([C@@H]2CCCN(Cc3nc(C4CC4)no3)C2)C1=O. The van der Waals surface area contributed by atoms with Crippen LogP contribution in [0.5, 0.6) is 0 Å².